The molecule has 3 nitrogen and oxygen atoms in total. The smallest absolute Gasteiger partial charge is 0.157 e. The Labute approximate surface area is 183 Å². The quantitative estimate of drug-likeness (QED) is 0.505. The molecule has 168 valence electrons. The van der Waals surface area contributed by atoms with Crippen molar-refractivity contribution in [3.05, 3.63) is 34.9 Å². The van der Waals surface area contributed by atoms with Crippen LogP contribution in [0.5, 0.6) is 0 Å². The summed E-state index contributed by atoms with van der Waals surface area (Å²) in [4.78, 5) is 0. The Morgan fingerprint density at radius 1 is 1.17 bits per heavy atom. The monoisotopic (exact) mass is 414 g/mol. The van der Waals surface area contributed by atoms with E-state index in [-0.39, 0.29) is 18.5 Å². The average molecular weight is 415 g/mol. The Bertz CT molecular complexity index is 666. The van der Waals surface area contributed by atoms with Gasteiger partial charge >= 0.3 is 0 Å². The molecule has 2 aliphatic carbocycles. The number of benzene rings is 1. The molecule has 0 amide bonds. The number of aryl methyl sites for hydroxylation is 1. The van der Waals surface area contributed by atoms with E-state index in [0.717, 1.165) is 51.6 Å². The van der Waals surface area contributed by atoms with Crippen LogP contribution >= 0.6 is 0 Å². The number of hydrogen-bond acceptors (Lipinski definition) is 3. The Balaban J connectivity index is 1.37. The minimum atomic E-state index is -0.142. The molecular formula is C27H42O3. The van der Waals surface area contributed by atoms with Crippen molar-refractivity contribution in [3.8, 4) is 0 Å². The van der Waals surface area contributed by atoms with Gasteiger partial charge in [-0.2, -0.15) is 0 Å². The van der Waals surface area contributed by atoms with Crippen molar-refractivity contribution in [2.45, 2.75) is 109 Å². The topological polar surface area (TPSA) is 38.7 Å². The van der Waals surface area contributed by atoms with Gasteiger partial charge in [0.25, 0.3) is 0 Å². The summed E-state index contributed by atoms with van der Waals surface area (Å²) in [6.45, 7) is 5.35. The molecule has 2 fully saturated rings. The van der Waals surface area contributed by atoms with E-state index < -0.39 is 0 Å². The van der Waals surface area contributed by atoms with Gasteiger partial charge in [-0.1, -0.05) is 44.4 Å². The highest BCUT2D eigenvalue weighted by Crippen LogP contribution is 2.47. The van der Waals surface area contributed by atoms with Gasteiger partial charge in [-0.15, -0.1) is 0 Å². The molecule has 1 aromatic carbocycles. The number of rotatable bonds is 9. The predicted molar refractivity (Wildman–Crippen MR) is 122 cm³/mol. The van der Waals surface area contributed by atoms with Gasteiger partial charge in [0.05, 0.1) is 12.2 Å². The highest BCUT2D eigenvalue weighted by molar-refractivity contribution is 5.37. The molecule has 1 aromatic rings. The first-order valence-electron chi connectivity index (χ1n) is 12.7. The van der Waals surface area contributed by atoms with Gasteiger partial charge in [-0.25, -0.2) is 0 Å². The van der Waals surface area contributed by atoms with Crippen molar-refractivity contribution >= 4 is 0 Å². The second kappa shape index (κ2) is 10.6. The van der Waals surface area contributed by atoms with Gasteiger partial charge in [0.2, 0.25) is 0 Å². The van der Waals surface area contributed by atoms with Crippen LogP contribution in [-0.4, -0.2) is 30.2 Å². The number of ether oxygens (including phenoxy) is 2. The minimum Gasteiger partial charge on any atom is -0.393 e. The Morgan fingerprint density at radius 2 is 2.07 bits per heavy atom. The molecule has 0 spiro atoms. The molecule has 1 saturated heterocycles. The molecule has 5 unspecified atom stereocenters. The van der Waals surface area contributed by atoms with Gasteiger partial charge < -0.3 is 14.6 Å². The van der Waals surface area contributed by atoms with E-state index in [1.54, 1.807) is 5.56 Å². The summed E-state index contributed by atoms with van der Waals surface area (Å²) in [7, 11) is 0. The maximum absolute atomic E-state index is 11.0. The van der Waals surface area contributed by atoms with E-state index >= 15 is 0 Å². The summed E-state index contributed by atoms with van der Waals surface area (Å²) in [5.74, 6) is 1.71. The second-order valence-electron chi connectivity index (χ2n) is 10.1. The number of fused-ring (bicyclic) bond motifs is 2. The van der Waals surface area contributed by atoms with E-state index in [2.05, 4.69) is 32.0 Å². The first-order chi connectivity index (χ1) is 14.7. The van der Waals surface area contributed by atoms with Gasteiger partial charge in [0, 0.05) is 6.61 Å². The summed E-state index contributed by atoms with van der Waals surface area (Å²) in [6, 6.07) is 6.77. The third-order valence-electron chi connectivity index (χ3n) is 8.06. The number of unbranched alkanes of at least 4 members (excludes halogenated alkanes) is 2. The van der Waals surface area contributed by atoms with Crippen molar-refractivity contribution in [2.24, 2.45) is 17.8 Å². The van der Waals surface area contributed by atoms with E-state index in [0.29, 0.717) is 17.8 Å². The largest absolute Gasteiger partial charge is 0.393 e. The predicted octanol–water partition coefficient (Wildman–Crippen LogP) is 5.98. The molecule has 0 bridgehead atoms. The van der Waals surface area contributed by atoms with Gasteiger partial charge in [0.1, 0.15) is 0 Å². The maximum atomic E-state index is 11.0. The zero-order valence-corrected chi connectivity index (χ0v) is 19.2. The molecule has 3 aliphatic rings. The molecule has 4 rings (SSSR count). The average Bonchev–Trinajstić information content (AvgIpc) is 3.06. The lowest BCUT2D eigenvalue weighted by molar-refractivity contribution is -0.191. The number of aliphatic hydroxyl groups excluding tert-OH is 1. The maximum Gasteiger partial charge on any atom is 0.157 e. The summed E-state index contributed by atoms with van der Waals surface area (Å²) >= 11 is 0. The molecule has 1 N–H and O–H groups in total. The summed E-state index contributed by atoms with van der Waals surface area (Å²) in [5, 5.41) is 11.0. The SMILES string of the molecule is CCCCC[C@@H](CCC1C(O)CC2Cc3c(C)cccc3CC21)OC1CCCCO1. The summed E-state index contributed by atoms with van der Waals surface area (Å²) < 4.78 is 12.3. The fraction of sp³-hybridized carbons (Fsp3) is 0.778. The van der Waals surface area contributed by atoms with Crippen molar-refractivity contribution in [3.63, 3.8) is 0 Å². The van der Waals surface area contributed by atoms with Gasteiger partial charge in [-0.05, 0) is 99.2 Å². The van der Waals surface area contributed by atoms with Gasteiger partial charge in [-0.3, -0.25) is 0 Å². The van der Waals surface area contributed by atoms with E-state index in [4.69, 9.17) is 9.47 Å². The van der Waals surface area contributed by atoms with E-state index in [1.165, 1.54) is 43.2 Å². The molecule has 0 aromatic heterocycles. The van der Waals surface area contributed by atoms with Crippen LogP contribution in [0.1, 0.15) is 87.8 Å². The molecule has 0 radical (unpaired) electrons. The van der Waals surface area contributed by atoms with Crippen LogP contribution < -0.4 is 0 Å². The third kappa shape index (κ3) is 5.29. The normalized spacial score (nSPS) is 31.9. The molecule has 1 heterocycles. The number of aliphatic hydroxyl groups is 1. The van der Waals surface area contributed by atoms with Crippen LogP contribution in [0, 0.1) is 24.7 Å². The zero-order valence-electron chi connectivity index (χ0n) is 19.2. The molecule has 3 heteroatoms. The van der Waals surface area contributed by atoms with Crippen LogP contribution in [0.4, 0.5) is 0 Å². The molecule has 6 atom stereocenters. The summed E-state index contributed by atoms with van der Waals surface area (Å²) in [6.07, 6.45) is 13.9. The number of hydrogen-bond donors (Lipinski definition) is 1. The second-order valence-corrected chi connectivity index (χ2v) is 10.1. The third-order valence-corrected chi connectivity index (χ3v) is 8.06. The molecule has 30 heavy (non-hydrogen) atoms. The lowest BCUT2D eigenvalue weighted by Gasteiger charge is -2.33. The Hall–Kier alpha value is -0.900. The summed E-state index contributed by atoms with van der Waals surface area (Å²) in [5.41, 5.74) is 4.52. The van der Waals surface area contributed by atoms with Crippen LogP contribution in [-0.2, 0) is 22.3 Å². The zero-order chi connectivity index (χ0) is 20.9. The van der Waals surface area contributed by atoms with Crippen LogP contribution in [0.25, 0.3) is 0 Å². The first-order valence-corrected chi connectivity index (χ1v) is 12.7. The van der Waals surface area contributed by atoms with Crippen LogP contribution in [0.2, 0.25) is 0 Å². The highest BCUT2D eigenvalue weighted by Gasteiger charge is 2.44. The van der Waals surface area contributed by atoms with Crippen molar-refractivity contribution in [2.75, 3.05) is 6.61 Å². The Morgan fingerprint density at radius 3 is 2.87 bits per heavy atom. The fourth-order valence-corrected chi connectivity index (χ4v) is 6.33. The molecule has 1 saturated carbocycles. The van der Waals surface area contributed by atoms with Gasteiger partial charge in [0.15, 0.2) is 6.29 Å². The van der Waals surface area contributed by atoms with Crippen LogP contribution in [0.15, 0.2) is 18.2 Å². The Kier molecular flexibility index (Phi) is 7.89. The van der Waals surface area contributed by atoms with Crippen molar-refractivity contribution < 1.29 is 14.6 Å². The standard InChI is InChI=1S/C27H42O3/c1-3-4-5-11-22(30-27-12-6-7-15-29-27)13-14-23-25-16-20-10-8-9-19(2)24(20)17-21(25)18-26(23)28/h8-10,21-23,25-28H,3-7,11-18H2,1-2H3/t21?,22-,23?,25?,26?,27?/m0/s1. The minimum absolute atomic E-state index is 0.00356. The lowest BCUT2D eigenvalue weighted by atomic mass is 9.73. The van der Waals surface area contributed by atoms with Crippen LogP contribution in [0.3, 0.4) is 0 Å². The molecule has 1 aliphatic heterocycles. The fourth-order valence-electron chi connectivity index (χ4n) is 6.33. The first kappa shape index (κ1) is 22.3. The lowest BCUT2D eigenvalue weighted by Crippen LogP contribution is -2.31. The molecular weight excluding hydrogens is 372 g/mol. The highest BCUT2D eigenvalue weighted by atomic mass is 16.7. The van der Waals surface area contributed by atoms with E-state index in [9.17, 15) is 5.11 Å². The van der Waals surface area contributed by atoms with E-state index in [1.807, 2.05) is 0 Å². The van der Waals surface area contributed by atoms with Crippen molar-refractivity contribution in [1.82, 2.24) is 0 Å². The van der Waals surface area contributed by atoms with Crippen molar-refractivity contribution in [1.29, 1.82) is 0 Å².